The molecule has 1 atom stereocenters. The van der Waals surface area contributed by atoms with Gasteiger partial charge in [-0.1, -0.05) is 0 Å². The molecule has 1 aliphatic rings. The Bertz CT molecular complexity index is 537. The normalized spacial score (nSPS) is 14.8. The molecule has 2 N–H and O–H groups in total. The van der Waals surface area contributed by atoms with Crippen molar-refractivity contribution in [1.29, 1.82) is 0 Å². The van der Waals surface area contributed by atoms with E-state index in [0.717, 1.165) is 34.0 Å². The van der Waals surface area contributed by atoms with Gasteiger partial charge in [0.1, 0.15) is 0 Å². The molecule has 0 bridgehead atoms. The molecular weight excluding hydrogens is 350 g/mol. The van der Waals surface area contributed by atoms with Gasteiger partial charge in [-0.25, -0.2) is 4.99 Å². The Morgan fingerprint density at radius 1 is 1.45 bits per heavy atom. The molecule has 1 heterocycles. The summed E-state index contributed by atoms with van der Waals surface area (Å²) < 4.78 is 16.8. The van der Waals surface area contributed by atoms with Crippen molar-refractivity contribution in [3.8, 4) is 11.5 Å². The van der Waals surface area contributed by atoms with Gasteiger partial charge >= 0.3 is 0 Å². The first-order valence-electron chi connectivity index (χ1n) is 7.25. The number of methoxy groups -OCH3 is 1. The van der Waals surface area contributed by atoms with E-state index in [1.165, 1.54) is 0 Å². The molecule has 0 saturated heterocycles. The molecule has 2 rings (SSSR count). The molecule has 0 spiro atoms. The molecule has 6 nitrogen and oxygen atoms in total. The summed E-state index contributed by atoms with van der Waals surface area (Å²) in [6.07, 6.45) is 0. The van der Waals surface area contributed by atoms with E-state index in [-0.39, 0.29) is 12.8 Å². The maximum atomic E-state index is 5.42. The third kappa shape index (κ3) is 4.51. The summed E-state index contributed by atoms with van der Waals surface area (Å²) in [5.41, 5.74) is 1.05. The Morgan fingerprint density at radius 2 is 2.27 bits per heavy atom. The number of guanidine groups is 1. The van der Waals surface area contributed by atoms with Crippen LogP contribution in [0.1, 0.15) is 19.4 Å². The smallest absolute Gasteiger partial charge is 0.231 e. The van der Waals surface area contributed by atoms with Gasteiger partial charge in [-0.2, -0.15) is 0 Å². The Kier molecular flexibility index (Phi) is 6.33. The standard InChI is InChI=1S/C15H22BrN3O3/c1-4-17-15(19-10(2)8-20-3)18-7-11-5-12(16)14-13(6-11)21-9-22-14/h5-6,10H,4,7-9H2,1-3H3,(H2,17,18,19). The second-order valence-corrected chi connectivity index (χ2v) is 5.86. The summed E-state index contributed by atoms with van der Waals surface area (Å²) in [7, 11) is 1.69. The lowest BCUT2D eigenvalue weighted by molar-refractivity contribution is 0.173. The number of hydrogen-bond donors (Lipinski definition) is 2. The third-order valence-electron chi connectivity index (χ3n) is 3.05. The zero-order valence-electron chi connectivity index (χ0n) is 13.1. The third-order valence-corrected chi connectivity index (χ3v) is 3.64. The van der Waals surface area contributed by atoms with Crippen molar-refractivity contribution in [2.75, 3.05) is 27.1 Å². The van der Waals surface area contributed by atoms with Gasteiger partial charge in [-0.05, 0) is 47.5 Å². The lowest BCUT2D eigenvalue weighted by Gasteiger charge is -2.17. The topological polar surface area (TPSA) is 64.1 Å². The predicted molar refractivity (Wildman–Crippen MR) is 89.6 cm³/mol. The Hall–Kier alpha value is -1.47. The maximum Gasteiger partial charge on any atom is 0.231 e. The molecule has 0 radical (unpaired) electrons. The number of aliphatic imine (C=N–C) groups is 1. The fourth-order valence-corrected chi connectivity index (χ4v) is 2.73. The first kappa shape index (κ1) is 16.9. The first-order chi connectivity index (χ1) is 10.6. The van der Waals surface area contributed by atoms with Gasteiger partial charge < -0.3 is 24.8 Å². The SMILES string of the molecule is CCNC(=NCc1cc(Br)c2c(c1)OCO2)NC(C)COC. The molecule has 0 aliphatic carbocycles. The first-order valence-corrected chi connectivity index (χ1v) is 8.05. The van der Waals surface area contributed by atoms with Gasteiger partial charge in [0.15, 0.2) is 17.5 Å². The minimum atomic E-state index is 0.186. The summed E-state index contributed by atoms with van der Waals surface area (Å²) in [5.74, 6) is 2.28. The molecule has 1 aliphatic heterocycles. The van der Waals surface area contributed by atoms with Crippen LogP contribution < -0.4 is 20.1 Å². The van der Waals surface area contributed by atoms with Crippen LogP contribution >= 0.6 is 15.9 Å². The van der Waals surface area contributed by atoms with E-state index in [1.807, 2.05) is 26.0 Å². The zero-order chi connectivity index (χ0) is 15.9. The number of fused-ring (bicyclic) bond motifs is 1. The van der Waals surface area contributed by atoms with Crippen LogP contribution in [0, 0.1) is 0 Å². The van der Waals surface area contributed by atoms with Gasteiger partial charge in [0.25, 0.3) is 0 Å². The largest absolute Gasteiger partial charge is 0.454 e. The quantitative estimate of drug-likeness (QED) is 0.593. The van der Waals surface area contributed by atoms with E-state index < -0.39 is 0 Å². The van der Waals surface area contributed by atoms with Crippen molar-refractivity contribution in [3.05, 3.63) is 22.2 Å². The van der Waals surface area contributed by atoms with Crippen molar-refractivity contribution < 1.29 is 14.2 Å². The molecule has 0 fully saturated rings. The lowest BCUT2D eigenvalue weighted by atomic mass is 10.2. The number of rotatable bonds is 6. The van der Waals surface area contributed by atoms with Crippen molar-refractivity contribution >= 4 is 21.9 Å². The number of halogens is 1. The van der Waals surface area contributed by atoms with Crippen LogP contribution in [0.15, 0.2) is 21.6 Å². The van der Waals surface area contributed by atoms with Gasteiger partial charge in [-0.15, -0.1) is 0 Å². The number of nitrogens with one attached hydrogen (secondary N) is 2. The van der Waals surface area contributed by atoms with E-state index in [4.69, 9.17) is 14.2 Å². The highest BCUT2D eigenvalue weighted by Gasteiger charge is 2.17. The average molecular weight is 372 g/mol. The summed E-state index contributed by atoms with van der Waals surface area (Å²) in [6.45, 7) is 6.32. The second-order valence-electron chi connectivity index (χ2n) is 5.01. The Morgan fingerprint density at radius 3 is 3.00 bits per heavy atom. The number of benzene rings is 1. The van der Waals surface area contributed by atoms with E-state index in [1.54, 1.807) is 7.11 Å². The Balaban J connectivity index is 2.05. The number of ether oxygens (including phenoxy) is 3. The maximum absolute atomic E-state index is 5.42. The van der Waals surface area contributed by atoms with Gasteiger partial charge in [0.05, 0.1) is 17.6 Å². The molecule has 1 unspecified atom stereocenters. The molecule has 0 amide bonds. The summed E-state index contributed by atoms with van der Waals surface area (Å²) in [4.78, 5) is 4.59. The van der Waals surface area contributed by atoms with E-state index in [9.17, 15) is 0 Å². The Labute approximate surface area is 139 Å². The minimum Gasteiger partial charge on any atom is -0.454 e. The average Bonchev–Trinajstić information content (AvgIpc) is 2.94. The zero-order valence-corrected chi connectivity index (χ0v) is 14.7. The highest BCUT2D eigenvalue weighted by atomic mass is 79.9. The molecule has 1 aromatic carbocycles. The molecule has 1 aromatic rings. The fraction of sp³-hybridized carbons (Fsp3) is 0.533. The molecular formula is C15H22BrN3O3. The van der Waals surface area contributed by atoms with Crippen molar-refractivity contribution in [3.63, 3.8) is 0 Å². The van der Waals surface area contributed by atoms with Crippen LogP contribution in [-0.2, 0) is 11.3 Å². The number of nitrogens with zero attached hydrogens (tertiary/aromatic N) is 1. The van der Waals surface area contributed by atoms with E-state index in [2.05, 4.69) is 31.6 Å². The van der Waals surface area contributed by atoms with Crippen molar-refractivity contribution in [2.24, 2.45) is 4.99 Å². The van der Waals surface area contributed by atoms with Crippen LogP contribution in [0.2, 0.25) is 0 Å². The van der Waals surface area contributed by atoms with E-state index >= 15 is 0 Å². The molecule has 22 heavy (non-hydrogen) atoms. The van der Waals surface area contributed by atoms with Crippen LogP contribution in [-0.4, -0.2) is 39.1 Å². The van der Waals surface area contributed by atoms with Crippen molar-refractivity contribution in [2.45, 2.75) is 26.4 Å². The van der Waals surface area contributed by atoms with Gasteiger partial charge in [-0.3, -0.25) is 0 Å². The minimum absolute atomic E-state index is 0.186. The van der Waals surface area contributed by atoms with Crippen LogP contribution in [0.25, 0.3) is 0 Å². The summed E-state index contributed by atoms with van der Waals surface area (Å²) in [6, 6.07) is 4.14. The highest BCUT2D eigenvalue weighted by Crippen LogP contribution is 2.40. The lowest BCUT2D eigenvalue weighted by Crippen LogP contribution is -2.43. The van der Waals surface area contributed by atoms with Gasteiger partial charge in [0.2, 0.25) is 6.79 Å². The monoisotopic (exact) mass is 371 g/mol. The number of hydrogen-bond acceptors (Lipinski definition) is 4. The summed E-state index contributed by atoms with van der Waals surface area (Å²) in [5, 5.41) is 6.53. The van der Waals surface area contributed by atoms with Crippen LogP contribution in [0.4, 0.5) is 0 Å². The van der Waals surface area contributed by atoms with Gasteiger partial charge in [0, 0.05) is 19.7 Å². The van der Waals surface area contributed by atoms with Crippen molar-refractivity contribution in [1.82, 2.24) is 10.6 Å². The summed E-state index contributed by atoms with van der Waals surface area (Å²) >= 11 is 3.50. The molecule has 7 heteroatoms. The van der Waals surface area contributed by atoms with Crippen LogP contribution in [0.3, 0.4) is 0 Å². The molecule has 0 aromatic heterocycles. The second kappa shape index (κ2) is 8.24. The molecule has 122 valence electrons. The fourth-order valence-electron chi connectivity index (χ4n) is 2.13. The van der Waals surface area contributed by atoms with Crippen LogP contribution in [0.5, 0.6) is 11.5 Å². The highest BCUT2D eigenvalue weighted by molar-refractivity contribution is 9.10. The molecule has 0 saturated carbocycles. The predicted octanol–water partition coefficient (Wildman–Crippen LogP) is 2.27. The van der Waals surface area contributed by atoms with E-state index in [0.29, 0.717) is 13.2 Å².